The van der Waals surface area contributed by atoms with Crippen molar-refractivity contribution in [1.29, 1.82) is 0 Å². The third-order valence-corrected chi connectivity index (χ3v) is 3.37. The molecule has 0 aliphatic heterocycles. The minimum absolute atomic E-state index is 0.199. The monoisotopic (exact) mass is 308 g/mol. The second-order valence-corrected chi connectivity index (χ2v) is 5.51. The number of hydrogen-bond acceptors (Lipinski definition) is 5. The lowest BCUT2D eigenvalue weighted by Gasteiger charge is -2.26. The lowest BCUT2D eigenvalue weighted by Crippen LogP contribution is -2.33. The van der Waals surface area contributed by atoms with E-state index in [4.69, 9.17) is 11.6 Å². The Morgan fingerprint density at radius 1 is 1.24 bits per heavy atom. The van der Waals surface area contributed by atoms with E-state index in [1.165, 1.54) is 12.8 Å². The number of unbranched alkanes of at least 4 members (excludes halogenated alkanes) is 2. The van der Waals surface area contributed by atoms with Crippen LogP contribution in [-0.4, -0.2) is 37.1 Å². The lowest BCUT2D eigenvalue weighted by molar-refractivity contribution is 0.609. The van der Waals surface area contributed by atoms with Crippen LogP contribution in [0.5, 0.6) is 0 Å². The maximum atomic E-state index is 6.05. The van der Waals surface area contributed by atoms with Gasteiger partial charge in [0.2, 0.25) is 17.2 Å². The quantitative estimate of drug-likeness (QED) is 0.736. The minimum atomic E-state index is 0.199. The minimum Gasteiger partial charge on any atom is -0.338 e. The van der Waals surface area contributed by atoms with Crippen LogP contribution in [0.25, 0.3) is 5.95 Å². The SMILES string of the molecule is CCCCCN(c1nc(Cl)nc(-n2ccnc2)n1)C(C)C. The highest BCUT2D eigenvalue weighted by molar-refractivity contribution is 6.28. The van der Waals surface area contributed by atoms with Gasteiger partial charge in [-0.3, -0.25) is 4.57 Å². The predicted molar refractivity (Wildman–Crippen MR) is 84.0 cm³/mol. The van der Waals surface area contributed by atoms with Crippen molar-refractivity contribution in [3.8, 4) is 5.95 Å². The first-order valence-electron chi connectivity index (χ1n) is 7.28. The van der Waals surface area contributed by atoms with Crippen molar-refractivity contribution in [2.75, 3.05) is 11.4 Å². The molecule has 0 N–H and O–H groups in total. The number of hydrogen-bond donors (Lipinski definition) is 0. The summed E-state index contributed by atoms with van der Waals surface area (Å²) in [7, 11) is 0. The van der Waals surface area contributed by atoms with Crippen molar-refractivity contribution in [2.24, 2.45) is 0 Å². The smallest absolute Gasteiger partial charge is 0.241 e. The van der Waals surface area contributed by atoms with E-state index >= 15 is 0 Å². The molecule has 2 aromatic heterocycles. The van der Waals surface area contributed by atoms with Gasteiger partial charge >= 0.3 is 0 Å². The molecule has 114 valence electrons. The summed E-state index contributed by atoms with van der Waals surface area (Å²) >= 11 is 6.05. The van der Waals surface area contributed by atoms with Crippen molar-refractivity contribution in [3.05, 3.63) is 24.0 Å². The molecule has 0 radical (unpaired) electrons. The highest BCUT2D eigenvalue weighted by Crippen LogP contribution is 2.17. The molecule has 0 aliphatic rings. The Morgan fingerprint density at radius 3 is 2.67 bits per heavy atom. The molecule has 2 aromatic rings. The summed E-state index contributed by atoms with van der Waals surface area (Å²) < 4.78 is 1.72. The first-order valence-corrected chi connectivity index (χ1v) is 7.66. The standard InChI is InChI=1S/C14H21ClN6/c1-4-5-6-8-21(11(2)3)14-18-12(15)17-13(19-14)20-9-7-16-10-20/h7,9-11H,4-6,8H2,1-3H3. The Hall–Kier alpha value is -1.69. The fourth-order valence-electron chi connectivity index (χ4n) is 2.07. The van der Waals surface area contributed by atoms with Crippen LogP contribution in [0.2, 0.25) is 5.28 Å². The van der Waals surface area contributed by atoms with E-state index in [1.807, 2.05) is 0 Å². The van der Waals surface area contributed by atoms with Crippen molar-refractivity contribution in [1.82, 2.24) is 24.5 Å². The van der Waals surface area contributed by atoms with E-state index in [-0.39, 0.29) is 5.28 Å². The van der Waals surface area contributed by atoms with E-state index in [0.29, 0.717) is 17.9 Å². The zero-order valence-corrected chi connectivity index (χ0v) is 13.5. The highest BCUT2D eigenvalue weighted by atomic mass is 35.5. The number of rotatable bonds is 7. The van der Waals surface area contributed by atoms with Crippen molar-refractivity contribution in [2.45, 2.75) is 46.1 Å². The Balaban J connectivity index is 2.27. The summed E-state index contributed by atoms with van der Waals surface area (Å²) in [5, 5.41) is 0.199. The van der Waals surface area contributed by atoms with Crippen LogP contribution in [0.1, 0.15) is 40.0 Å². The third kappa shape index (κ3) is 4.14. The summed E-state index contributed by atoms with van der Waals surface area (Å²) in [5.74, 6) is 1.11. The summed E-state index contributed by atoms with van der Waals surface area (Å²) in [4.78, 5) is 19.1. The molecule has 2 rings (SSSR count). The molecule has 0 unspecified atom stereocenters. The number of imidazole rings is 1. The van der Waals surface area contributed by atoms with Gasteiger partial charge in [0.05, 0.1) is 0 Å². The molecule has 0 aromatic carbocycles. The van der Waals surface area contributed by atoms with Crippen LogP contribution in [0.4, 0.5) is 5.95 Å². The van der Waals surface area contributed by atoms with Gasteiger partial charge in [0.1, 0.15) is 6.33 Å². The van der Waals surface area contributed by atoms with Gasteiger partial charge in [0.15, 0.2) is 0 Å². The molecule has 0 saturated heterocycles. The highest BCUT2D eigenvalue weighted by Gasteiger charge is 2.16. The fraction of sp³-hybridized carbons (Fsp3) is 0.571. The van der Waals surface area contributed by atoms with E-state index in [1.54, 1.807) is 23.3 Å². The molecule has 2 heterocycles. The van der Waals surface area contributed by atoms with Gasteiger partial charge in [-0.25, -0.2) is 4.98 Å². The second kappa shape index (κ2) is 7.36. The van der Waals surface area contributed by atoms with Crippen LogP contribution in [0.3, 0.4) is 0 Å². The fourth-order valence-corrected chi connectivity index (χ4v) is 2.22. The van der Waals surface area contributed by atoms with Crippen LogP contribution in [0.15, 0.2) is 18.7 Å². The van der Waals surface area contributed by atoms with Gasteiger partial charge in [-0.2, -0.15) is 15.0 Å². The number of nitrogens with zero attached hydrogens (tertiary/aromatic N) is 6. The third-order valence-electron chi connectivity index (χ3n) is 3.20. The summed E-state index contributed by atoms with van der Waals surface area (Å²) in [5.41, 5.74) is 0. The van der Waals surface area contributed by atoms with E-state index < -0.39 is 0 Å². The molecule has 21 heavy (non-hydrogen) atoms. The Morgan fingerprint density at radius 2 is 2.05 bits per heavy atom. The first kappa shape index (κ1) is 15.7. The maximum absolute atomic E-state index is 6.05. The van der Waals surface area contributed by atoms with Gasteiger partial charge in [-0.15, -0.1) is 0 Å². The topological polar surface area (TPSA) is 59.7 Å². The molecule has 0 saturated carbocycles. The van der Waals surface area contributed by atoms with Gasteiger partial charge < -0.3 is 4.90 Å². The lowest BCUT2D eigenvalue weighted by atomic mass is 10.2. The predicted octanol–water partition coefficient (Wildman–Crippen LogP) is 3.12. The van der Waals surface area contributed by atoms with Gasteiger partial charge in [0.25, 0.3) is 0 Å². The van der Waals surface area contributed by atoms with Gasteiger partial charge in [-0.05, 0) is 31.9 Å². The van der Waals surface area contributed by atoms with Gasteiger partial charge in [0, 0.05) is 25.0 Å². The molecule has 0 spiro atoms. The second-order valence-electron chi connectivity index (χ2n) is 5.17. The number of aromatic nitrogens is 5. The number of halogens is 1. The zero-order valence-electron chi connectivity index (χ0n) is 12.7. The Bertz CT molecular complexity index is 555. The van der Waals surface area contributed by atoms with Crippen molar-refractivity contribution in [3.63, 3.8) is 0 Å². The molecule has 0 atom stereocenters. The van der Waals surface area contributed by atoms with E-state index in [9.17, 15) is 0 Å². The zero-order chi connectivity index (χ0) is 15.2. The molecule has 0 bridgehead atoms. The van der Waals surface area contributed by atoms with Gasteiger partial charge in [-0.1, -0.05) is 19.8 Å². The molecular formula is C14H21ClN6. The molecular weight excluding hydrogens is 288 g/mol. The van der Waals surface area contributed by atoms with Crippen LogP contribution < -0.4 is 4.90 Å². The van der Waals surface area contributed by atoms with Crippen LogP contribution in [-0.2, 0) is 0 Å². The normalized spacial score (nSPS) is 11.1. The maximum Gasteiger partial charge on any atom is 0.241 e. The molecule has 6 nitrogen and oxygen atoms in total. The molecule has 0 amide bonds. The molecule has 0 aliphatic carbocycles. The number of anilines is 1. The van der Waals surface area contributed by atoms with E-state index in [2.05, 4.69) is 45.6 Å². The van der Waals surface area contributed by atoms with E-state index in [0.717, 1.165) is 13.0 Å². The average molecular weight is 309 g/mol. The van der Waals surface area contributed by atoms with Crippen LogP contribution >= 0.6 is 11.6 Å². The Labute approximate surface area is 130 Å². The summed E-state index contributed by atoms with van der Waals surface area (Å²) in [6.45, 7) is 7.35. The summed E-state index contributed by atoms with van der Waals surface area (Å²) in [6, 6.07) is 0.302. The largest absolute Gasteiger partial charge is 0.338 e. The average Bonchev–Trinajstić information content (AvgIpc) is 2.96. The summed E-state index contributed by atoms with van der Waals surface area (Å²) in [6.07, 6.45) is 8.59. The van der Waals surface area contributed by atoms with Crippen molar-refractivity contribution < 1.29 is 0 Å². The molecule has 0 fully saturated rings. The first-order chi connectivity index (χ1) is 10.1. The Kier molecular flexibility index (Phi) is 5.50. The molecule has 7 heteroatoms. The van der Waals surface area contributed by atoms with Crippen LogP contribution in [0, 0.1) is 0 Å². The van der Waals surface area contributed by atoms with Crippen molar-refractivity contribution >= 4 is 17.5 Å².